The molecule has 0 saturated heterocycles. The lowest BCUT2D eigenvalue weighted by Crippen LogP contribution is -2.13. The standard InChI is InChI=1S/C21H26/c1-14(2)15-8-10-19-16(12-15)6-7-17-13-18(21(3,4)5)9-11-20(17)19/h8-14H,6-7H2,1-5H3. The van der Waals surface area contributed by atoms with Crippen LogP contribution in [0.5, 0.6) is 0 Å². The molecule has 0 bridgehead atoms. The van der Waals surface area contributed by atoms with Crippen molar-refractivity contribution in [3.8, 4) is 11.1 Å². The molecule has 0 N–H and O–H groups in total. The molecule has 0 atom stereocenters. The lowest BCUT2D eigenvalue weighted by Gasteiger charge is -2.25. The van der Waals surface area contributed by atoms with Gasteiger partial charge < -0.3 is 0 Å². The van der Waals surface area contributed by atoms with E-state index in [1.807, 2.05) is 0 Å². The second kappa shape index (κ2) is 5.02. The van der Waals surface area contributed by atoms with Gasteiger partial charge >= 0.3 is 0 Å². The highest BCUT2D eigenvalue weighted by atomic mass is 14.2. The van der Waals surface area contributed by atoms with Gasteiger partial charge in [-0.15, -0.1) is 0 Å². The van der Waals surface area contributed by atoms with Gasteiger partial charge in [-0.05, 0) is 57.6 Å². The maximum Gasteiger partial charge on any atom is -0.0132 e. The topological polar surface area (TPSA) is 0 Å². The zero-order valence-corrected chi connectivity index (χ0v) is 14.0. The first-order chi connectivity index (χ1) is 9.86. The van der Waals surface area contributed by atoms with Crippen molar-refractivity contribution >= 4 is 0 Å². The van der Waals surface area contributed by atoms with E-state index >= 15 is 0 Å². The van der Waals surface area contributed by atoms with Crippen molar-refractivity contribution in [2.45, 2.75) is 58.8 Å². The molecule has 0 spiro atoms. The number of rotatable bonds is 1. The van der Waals surface area contributed by atoms with Crippen LogP contribution in [0, 0.1) is 0 Å². The highest BCUT2D eigenvalue weighted by Crippen LogP contribution is 2.37. The van der Waals surface area contributed by atoms with Crippen LogP contribution in [0.1, 0.15) is 62.8 Å². The Kier molecular flexibility index (Phi) is 3.43. The Morgan fingerprint density at radius 2 is 1.38 bits per heavy atom. The molecule has 21 heavy (non-hydrogen) atoms. The molecule has 0 heterocycles. The molecule has 0 aromatic heterocycles. The third kappa shape index (κ3) is 2.64. The molecule has 1 aliphatic rings. The maximum atomic E-state index is 2.43. The van der Waals surface area contributed by atoms with Crippen LogP contribution in [0.2, 0.25) is 0 Å². The second-order valence-electron chi connectivity index (χ2n) is 7.69. The summed E-state index contributed by atoms with van der Waals surface area (Å²) in [6, 6.07) is 14.1. The number of fused-ring (bicyclic) bond motifs is 3. The summed E-state index contributed by atoms with van der Waals surface area (Å²) >= 11 is 0. The van der Waals surface area contributed by atoms with Crippen molar-refractivity contribution in [3.05, 3.63) is 58.7 Å². The van der Waals surface area contributed by atoms with Crippen LogP contribution < -0.4 is 0 Å². The largest absolute Gasteiger partial charge is 0.0587 e. The van der Waals surface area contributed by atoms with Gasteiger partial charge in [-0.2, -0.15) is 0 Å². The van der Waals surface area contributed by atoms with Crippen LogP contribution in [-0.4, -0.2) is 0 Å². The third-order valence-electron chi connectivity index (χ3n) is 4.72. The molecule has 110 valence electrons. The van der Waals surface area contributed by atoms with Gasteiger partial charge in [0, 0.05) is 0 Å². The summed E-state index contributed by atoms with van der Waals surface area (Å²) in [5.74, 6) is 0.611. The highest BCUT2D eigenvalue weighted by Gasteiger charge is 2.20. The van der Waals surface area contributed by atoms with Gasteiger partial charge in [-0.25, -0.2) is 0 Å². The van der Waals surface area contributed by atoms with Crippen LogP contribution in [0.15, 0.2) is 36.4 Å². The minimum Gasteiger partial charge on any atom is -0.0587 e. The van der Waals surface area contributed by atoms with E-state index in [0.717, 1.165) is 0 Å². The molecule has 0 nitrogen and oxygen atoms in total. The molecule has 2 aromatic rings. The minimum absolute atomic E-state index is 0.233. The van der Waals surface area contributed by atoms with Crippen molar-refractivity contribution in [1.82, 2.24) is 0 Å². The van der Waals surface area contributed by atoms with Crippen LogP contribution in [-0.2, 0) is 18.3 Å². The predicted octanol–water partition coefficient (Wildman–Crippen LogP) is 5.87. The lowest BCUT2D eigenvalue weighted by molar-refractivity contribution is 0.589. The van der Waals surface area contributed by atoms with E-state index in [2.05, 4.69) is 71.0 Å². The molecule has 0 heteroatoms. The van der Waals surface area contributed by atoms with Crippen molar-refractivity contribution in [2.24, 2.45) is 0 Å². The van der Waals surface area contributed by atoms with Crippen molar-refractivity contribution in [2.75, 3.05) is 0 Å². The first kappa shape index (κ1) is 14.4. The van der Waals surface area contributed by atoms with Gasteiger partial charge in [0.15, 0.2) is 0 Å². The Hall–Kier alpha value is -1.56. The Labute approximate surface area is 129 Å². The van der Waals surface area contributed by atoms with Gasteiger partial charge in [-0.3, -0.25) is 0 Å². The molecule has 0 unspecified atom stereocenters. The van der Waals surface area contributed by atoms with Gasteiger partial charge in [0.1, 0.15) is 0 Å². The Morgan fingerprint density at radius 3 is 1.95 bits per heavy atom. The van der Waals surface area contributed by atoms with E-state index < -0.39 is 0 Å². The molecule has 3 rings (SSSR count). The van der Waals surface area contributed by atoms with E-state index in [4.69, 9.17) is 0 Å². The average molecular weight is 278 g/mol. The summed E-state index contributed by atoms with van der Waals surface area (Å²) in [5.41, 5.74) is 9.08. The molecular weight excluding hydrogens is 252 g/mol. The summed E-state index contributed by atoms with van der Waals surface area (Å²) in [4.78, 5) is 0. The summed E-state index contributed by atoms with van der Waals surface area (Å²) in [6.07, 6.45) is 2.35. The second-order valence-corrected chi connectivity index (χ2v) is 7.69. The van der Waals surface area contributed by atoms with Crippen molar-refractivity contribution in [3.63, 3.8) is 0 Å². The van der Waals surface area contributed by atoms with Crippen LogP contribution in [0.25, 0.3) is 11.1 Å². The van der Waals surface area contributed by atoms with Crippen LogP contribution in [0.3, 0.4) is 0 Å². The lowest BCUT2D eigenvalue weighted by atomic mass is 9.79. The van der Waals surface area contributed by atoms with E-state index in [1.54, 1.807) is 0 Å². The fraction of sp³-hybridized carbons (Fsp3) is 0.429. The van der Waals surface area contributed by atoms with E-state index in [0.29, 0.717) is 5.92 Å². The molecular formula is C21H26. The highest BCUT2D eigenvalue weighted by molar-refractivity contribution is 5.74. The quantitative estimate of drug-likeness (QED) is 0.611. The molecule has 0 saturated carbocycles. The molecule has 0 amide bonds. The van der Waals surface area contributed by atoms with E-state index in [1.165, 1.54) is 46.2 Å². The minimum atomic E-state index is 0.233. The maximum absolute atomic E-state index is 2.43. The van der Waals surface area contributed by atoms with Crippen LogP contribution in [0.4, 0.5) is 0 Å². The normalized spacial score (nSPS) is 14.0. The summed E-state index contributed by atoms with van der Waals surface area (Å²) < 4.78 is 0. The zero-order chi connectivity index (χ0) is 15.2. The number of hydrogen-bond acceptors (Lipinski definition) is 0. The smallest absolute Gasteiger partial charge is 0.0132 e. The molecule has 2 aromatic carbocycles. The average Bonchev–Trinajstić information content (AvgIpc) is 2.44. The molecule has 1 aliphatic carbocycles. The SMILES string of the molecule is CC(C)c1ccc2c(c1)CCc1cc(C(C)(C)C)ccc1-2. The monoisotopic (exact) mass is 278 g/mol. The van der Waals surface area contributed by atoms with Gasteiger partial charge in [-0.1, -0.05) is 71.0 Å². The predicted molar refractivity (Wildman–Crippen MR) is 92.1 cm³/mol. The van der Waals surface area contributed by atoms with Gasteiger partial charge in [0.05, 0.1) is 0 Å². The molecule has 0 radical (unpaired) electrons. The number of aryl methyl sites for hydroxylation is 2. The first-order valence-electron chi connectivity index (χ1n) is 8.13. The summed E-state index contributed by atoms with van der Waals surface area (Å²) in [6.45, 7) is 11.4. The Bertz CT molecular complexity index is 669. The van der Waals surface area contributed by atoms with Crippen LogP contribution >= 0.6 is 0 Å². The molecule has 0 fully saturated rings. The third-order valence-corrected chi connectivity index (χ3v) is 4.72. The van der Waals surface area contributed by atoms with E-state index in [-0.39, 0.29) is 5.41 Å². The Morgan fingerprint density at radius 1 is 0.810 bits per heavy atom. The van der Waals surface area contributed by atoms with Gasteiger partial charge in [0.25, 0.3) is 0 Å². The zero-order valence-electron chi connectivity index (χ0n) is 14.0. The summed E-state index contributed by atoms with van der Waals surface area (Å²) in [5, 5.41) is 0. The fourth-order valence-electron chi connectivity index (χ4n) is 3.24. The first-order valence-corrected chi connectivity index (χ1v) is 8.13. The summed E-state index contributed by atoms with van der Waals surface area (Å²) in [7, 11) is 0. The van der Waals surface area contributed by atoms with Crippen molar-refractivity contribution < 1.29 is 0 Å². The Balaban J connectivity index is 2.08. The number of hydrogen-bond donors (Lipinski definition) is 0. The van der Waals surface area contributed by atoms with Crippen molar-refractivity contribution in [1.29, 1.82) is 0 Å². The number of benzene rings is 2. The fourth-order valence-corrected chi connectivity index (χ4v) is 3.24. The molecule has 0 aliphatic heterocycles. The van der Waals surface area contributed by atoms with Gasteiger partial charge in [0.2, 0.25) is 0 Å². The van der Waals surface area contributed by atoms with E-state index in [9.17, 15) is 0 Å².